The van der Waals surface area contributed by atoms with Crippen LogP contribution in [-0.4, -0.2) is 24.2 Å². The van der Waals surface area contributed by atoms with Gasteiger partial charge in [0.25, 0.3) is 0 Å². The highest BCUT2D eigenvalue weighted by atomic mass is 35.5. The molecule has 0 aliphatic carbocycles. The molecule has 1 amide bonds. The number of carbonyl (C=O) groups is 1. The van der Waals surface area contributed by atoms with Gasteiger partial charge >= 0.3 is 0 Å². The van der Waals surface area contributed by atoms with E-state index in [0.717, 1.165) is 5.56 Å². The molecule has 1 aromatic rings. The maximum atomic E-state index is 11.6. The fraction of sp³-hybridized carbons (Fsp3) is 0.357. The standard InChI is InChI=1S/C14H17Cl2NO2/c1-14(2,9-18)8-17-13(19)6-4-10-3-5-11(15)12(16)7-10/h3-7,18H,8-9H2,1-2H3,(H,17,19)/b6-4+. The van der Waals surface area contributed by atoms with Crippen LogP contribution in [0.3, 0.4) is 0 Å². The number of hydrogen-bond donors (Lipinski definition) is 2. The molecule has 0 saturated carbocycles. The number of aliphatic hydroxyl groups excluding tert-OH is 1. The summed E-state index contributed by atoms with van der Waals surface area (Å²) in [6, 6.07) is 5.14. The Morgan fingerprint density at radius 3 is 2.63 bits per heavy atom. The van der Waals surface area contributed by atoms with Crippen LogP contribution in [0.2, 0.25) is 10.0 Å². The molecule has 0 saturated heterocycles. The summed E-state index contributed by atoms with van der Waals surface area (Å²) in [6.07, 6.45) is 3.08. The van der Waals surface area contributed by atoms with Crippen LogP contribution in [0.25, 0.3) is 6.08 Å². The van der Waals surface area contributed by atoms with Gasteiger partial charge in [-0.2, -0.15) is 0 Å². The predicted molar refractivity (Wildman–Crippen MR) is 79.4 cm³/mol. The Bertz CT molecular complexity index is 484. The Morgan fingerprint density at radius 1 is 1.37 bits per heavy atom. The molecule has 0 heterocycles. The molecule has 19 heavy (non-hydrogen) atoms. The monoisotopic (exact) mass is 301 g/mol. The van der Waals surface area contributed by atoms with Crippen LogP contribution in [0.4, 0.5) is 0 Å². The van der Waals surface area contributed by atoms with Crippen LogP contribution in [0, 0.1) is 5.41 Å². The van der Waals surface area contributed by atoms with E-state index < -0.39 is 0 Å². The third-order valence-electron chi connectivity index (χ3n) is 2.54. The summed E-state index contributed by atoms with van der Waals surface area (Å²) < 4.78 is 0. The number of nitrogens with one attached hydrogen (secondary N) is 1. The number of aliphatic hydroxyl groups is 1. The third-order valence-corrected chi connectivity index (χ3v) is 3.28. The van der Waals surface area contributed by atoms with Gasteiger partial charge < -0.3 is 10.4 Å². The first-order chi connectivity index (χ1) is 8.84. The Morgan fingerprint density at radius 2 is 2.05 bits per heavy atom. The van der Waals surface area contributed by atoms with Gasteiger partial charge in [0.2, 0.25) is 5.91 Å². The molecule has 0 bridgehead atoms. The Hall–Kier alpha value is -1.03. The van der Waals surface area contributed by atoms with Crippen LogP contribution in [0.15, 0.2) is 24.3 Å². The summed E-state index contributed by atoms with van der Waals surface area (Å²) in [5.41, 5.74) is 0.471. The lowest BCUT2D eigenvalue weighted by atomic mass is 9.95. The average molecular weight is 302 g/mol. The quantitative estimate of drug-likeness (QED) is 0.821. The van der Waals surface area contributed by atoms with Gasteiger partial charge in [0.05, 0.1) is 10.0 Å². The second kappa shape index (κ2) is 6.94. The number of rotatable bonds is 5. The summed E-state index contributed by atoms with van der Waals surface area (Å²) in [4.78, 5) is 11.6. The minimum atomic E-state index is -0.326. The molecule has 3 nitrogen and oxygen atoms in total. The molecule has 0 aromatic heterocycles. The van der Waals surface area contributed by atoms with Crippen molar-refractivity contribution < 1.29 is 9.90 Å². The van der Waals surface area contributed by atoms with E-state index in [1.165, 1.54) is 6.08 Å². The molecule has 1 rings (SSSR count). The van der Waals surface area contributed by atoms with Crippen molar-refractivity contribution in [3.8, 4) is 0 Å². The van der Waals surface area contributed by atoms with Gasteiger partial charge in [-0.3, -0.25) is 4.79 Å². The predicted octanol–water partition coefficient (Wildman–Crippen LogP) is 3.14. The molecule has 0 radical (unpaired) electrons. The van der Waals surface area contributed by atoms with Crippen molar-refractivity contribution in [1.29, 1.82) is 0 Å². The van der Waals surface area contributed by atoms with Gasteiger partial charge in [0.1, 0.15) is 0 Å². The number of hydrogen-bond acceptors (Lipinski definition) is 2. The minimum Gasteiger partial charge on any atom is -0.396 e. The fourth-order valence-electron chi connectivity index (χ4n) is 1.23. The Balaban J connectivity index is 2.56. The van der Waals surface area contributed by atoms with E-state index in [4.69, 9.17) is 28.3 Å². The van der Waals surface area contributed by atoms with Gasteiger partial charge in [0, 0.05) is 24.6 Å². The number of carbonyl (C=O) groups excluding carboxylic acids is 1. The smallest absolute Gasteiger partial charge is 0.244 e. The molecule has 0 spiro atoms. The van der Waals surface area contributed by atoms with Gasteiger partial charge in [-0.05, 0) is 23.8 Å². The second-order valence-corrected chi connectivity index (χ2v) is 5.86. The lowest BCUT2D eigenvalue weighted by Gasteiger charge is -2.21. The number of benzene rings is 1. The summed E-state index contributed by atoms with van der Waals surface area (Å²) in [6.45, 7) is 4.17. The van der Waals surface area contributed by atoms with Crippen LogP contribution >= 0.6 is 23.2 Å². The van der Waals surface area contributed by atoms with Crippen molar-refractivity contribution >= 4 is 35.2 Å². The molecule has 0 aliphatic heterocycles. The van der Waals surface area contributed by atoms with E-state index in [0.29, 0.717) is 16.6 Å². The highest BCUT2D eigenvalue weighted by Crippen LogP contribution is 2.23. The highest BCUT2D eigenvalue weighted by molar-refractivity contribution is 6.42. The molecule has 104 valence electrons. The van der Waals surface area contributed by atoms with Crippen molar-refractivity contribution in [2.24, 2.45) is 5.41 Å². The SMILES string of the molecule is CC(C)(CO)CNC(=O)/C=C/c1ccc(Cl)c(Cl)c1. The molecular formula is C14H17Cl2NO2. The largest absolute Gasteiger partial charge is 0.396 e. The summed E-state index contributed by atoms with van der Waals surface area (Å²) >= 11 is 11.7. The average Bonchev–Trinajstić information content (AvgIpc) is 2.38. The molecule has 2 N–H and O–H groups in total. The fourth-order valence-corrected chi connectivity index (χ4v) is 1.54. The lowest BCUT2D eigenvalue weighted by molar-refractivity contribution is -0.116. The van der Waals surface area contributed by atoms with Crippen molar-refractivity contribution in [2.45, 2.75) is 13.8 Å². The molecule has 0 atom stereocenters. The van der Waals surface area contributed by atoms with E-state index >= 15 is 0 Å². The van der Waals surface area contributed by atoms with Gasteiger partial charge in [-0.25, -0.2) is 0 Å². The second-order valence-electron chi connectivity index (χ2n) is 5.05. The van der Waals surface area contributed by atoms with Crippen LogP contribution in [-0.2, 0) is 4.79 Å². The Labute approximate surface area is 123 Å². The van der Waals surface area contributed by atoms with Crippen molar-refractivity contribution in [1.82, 2.24) is 5.32 Å². The molecular weight excluding hydrogens is 285 g/mol. The van der Waals surface area contributed by atoms with E-state index in [1.54, 1.807) is 24.3 Å². The molecule has 0 aliphatic rings. The summed E-state index contributed by atoms with van der Waals surface area (Å²) in [5.74, 6) is -0.215. The first kappa shape index (κ1) is 16.0. The van der Waals surface area contributed by atoms with E-state index in [2.05, 4.69) is 5.32 Å². The normalized spacial score (nSPS) is 11.8. The zero-order chi connectivity index (χ0) is 14.5. The number of halogens is 2. The summed E-state index contributed by atoms with van der Waals surface area (Å²) in [7, 11) is 0. The van der Waals surface area contributed by atoms with Gasteiger partial charge in [0.15, 0.2) is 0 Å². The van der Waals surface area contributed by atoms with Crippen LogP contribution in [0.1, 0.15) is 19.4 Å². The first-order valence-electron chi connectivity index (χ1n) is 5.86. The maximum Gasteiger partial charge on any atom is 0.244 e. The molecule has 0 unspecified atom stereocenters. The van der Waals surface area contributed by atoms with Crippen molar-refractivity contribution in [3.63, 3.8) is 0 Å². The van der Waals surface area contributed by atoms with Gasteiger partial charge in [-0.1, -0.05) is 43.1 Å². The maximum absolute atomic E-state index is 11.6. The minimum absolute atomic E-state index is 0.0176. The number of amides is 1. The van der Waals surface area contributed by atoms with Crippen molar-refractivity contribution in [3.05, 3.63) is 39.9 Å². The summed E-state index contributed by atoms with van der Waals surface area (Å²) in [5, 5.41) is 12.7. The van der Waals surface area contributed by atoms with Crippen LogP contribution < -0.4 is 5.32 Å². The first-order valence-corrected chi connectivity index (χ1v) is 6.61. The van der Waals surface area contributed by atoms with E-state index in [9.17, 15) is 4.79 Å². The Kier molecular flexibility index (Phi) is 5.85. The van der Waals surface area contributed by atoms with E-state index in [-0.39, 0.29) is 17.9 Å². The zero-order valence-electron chi connectivity index (χ0n) is 10.9. The highest BCUT2D eigenvalue weighted by Gasteiger charge is 2.16. The third kappa shape index (κ3) is 5.64. The van der Waals surface area contributed by atoms with Crippen LogP contribution in [0.5, 0.6) is 0 Å². The molecule has 5 heteroatoms. The van der Waals surface area contributed by atoms with E-state index in [1.807, 2.05) is 13.8 Å². The lowest BCUT2D eigenvalue weighted by Crippen LogP contribution is -2.35. The van der Waals surface area contributed by atoms with Gasteiger partial charge in [-0.15, -0.1) is 0 Å². The molecule has 1 aromatic carbocycles. The van der Waals surface area contributed by atoms with Crippen molar-refractivity contribution in [2.75, 3.05) is 13.2 Å². The molecule has 0 fully saturated rings. The topological polar surface area (TPSA) is 49.3 Å². The zero-order valence-corrected chi connectivity index (χ0v) is 12.4.